The first-order valence-corrected chi connectivity index (χ1v) is 11.5. The van der Waals surface area contributed by atoms with Crippen LogP contribution in [0, 0.1) is 5.82 Å². The van der Waals surface area contributed by atoms with Crippen molar-refractivity contribution in [3.8, 4) is 5.75 Å². The van der Waals surface area contributed by atoms with E-state index in [-0.39, 0.29) is 18.3 Å². The van der Waals surface area contributed by atoms with Gasteiger partial charge in [-0.2, -0.15) is 0 Å². The van der Waals surface area contributed by atoms with Gasteiger partial charge in [-0.3, -0.25) is 9.69 Å². The number of methoxy groups -OCH3 is 1. The molecule has 0 aliphatic carbocycles. The van der Waals surface area contributed by atoms with Gasteiger partial charge >= 0.3 is 0 Å². The second kappa shape index (κ2) is 10.9. The average molecular weight is 459 g/mol. The molecule has 0 saturated carbocycles. The van der Waals surface area contributed by atoms with Crippen molar-refractivity contribution < 1.29 is 23.4 Å². The lowest BCUT2D eigenvalue weighted by Gasteiger charge is -2.26. The minimum atomic E-state index is -0.341. The van der Waals surface area contributed by atoms with Crippen LogP contribution in [0.1, 0.15) is 20.8 Å². The van der Waals surface area contributed by atoms with E-state index in [1.807, 2.05) is 30.3 Å². The van der Waals surface area contributed by atoms with Crippen LogP contribution in [-0.2, 0) is 22.6 Å². The summed E-state index contributed by atoms with van der Waals surface area (Å²) in [6.45, 7) is 5.39. The summed E-state index contributed by atoms with van der Waals surface area (Å²) >= 11 is 1.28. The van der Waals surface area contributed by atoms with Crippen molar-refractivity contribution >= 4 is 27.3 Å². The highest BCUT2D eigenvalue weighted by Gasteiger charge is 2.20. The fourth-order valence-electron chi connectivity index (χ4n) is 3.76. The van der Waals surface area contributed by atoms with Crippen molar-refractivity contribution in [2.75, 3.05) is 46.6 Å². The Kier molecular flexibility index (Phi) is 7.70. The topological polar surface area (TPSA) is 60.0 Å². The molecular weight excluding hydrogens is 431 g/mol. The maximum atomic E-state index is 14.4. The molecule has 0 bridgehead atoms. The SMILES string of the molecule is COCc1c(C(=O)NCc2cccc(OCCN3CCOCC3)c2)sc2cccc(F)c12. The van der Waals surface area contributed by atoms with Crippen LogP contribution in [0.4, 0.5) is 4.39 Å². The number of carbonyl (C=O) groups excluding carboxylic acids is 1. The first kappa shape index (κ1) is 22.7. The van der Waals surface area contributed by atoms with Gasteiger partial charge in [0.15, 0.2) is 0 Å². The number of benzene rings is 2. The van der Waals surface area contributed by atoms with Crippen LogP contribution in [0.3, 0.4) is 0 Å². The molecule has 1 fully saturated rings. The van der Waals surface area contributed by atoms with Gasteiger partial charge in [-0.05, 0) is 29.8 Å². The van der Waals surface area contributed by atoms with Gasteiger partial charge in [0.25, 0.3) is 5.91 Å². The molecular formula is C24H27FN2O4S. The normalized spacial score (nSPS) is 14.6. The molecule has 170 valence electrons. The highest BCUT2D eigenvalue weighted by atomic mass is 32.1. The van der Waals surface area contributed by atoms with Crippen LogP contribution in [0.5, 0.6) is 5.75 Å². The number of thiophene rings is 1. The Hall–Kier alpha value is -2.52. The first-order chi connectivity index (χ1) is 15.7. The number of nitrogens with one attached hydrogen (secondary N) is 1. The second-order valence-electron chi connectivity index (χ2n) is 7.59. The summed E-state index contributed by atoms with van der Waals surface area (Å²) in [7, 11) is 1.54. The number of amides is 1. The fraction of sp³-hybridized carbons (Fsp3) is 0.375. The van der Waals surface area contributed by atoms with Gasteiger partial charge in [-0.25, -0.2) is 4.39 Å². The van der Waals surface area contributed by atoms with E-state index >= 15 is 0 Å². The lowest BCUT2D eigenvalue weighted by atomic mass is 10.1. The number of hydrogen-bond acceptors (Lipinski definition) is 6. The van der Waals surface area contributed by atoms with Crippen molar-refractivity contribution in [1.29, 1.82) is 0 Å². The number of fused-ring (bicyclic) bond motifs is 1. The molecule has 1 N–H and O–H groups in total. The van der Waals surface area contributed by atoms with Crippen LogP contribution in [0.2, 0.25) is 0 Å². The molecule has 1 amide bonds. The number of halogens is 1. The molecule has 4 rings (SSSR count). The van der Waals surface area contributed by atoms with Crippen LogP contribution in [0.15, 0.2) is 42.5 Å². The summed E-state index contributed by atoms with van der Waals surface area (Å²) in [5.41, 5.74) is 1.52. The Morgan fingerprint density at radius 1 is 1.22 bits per heavy atom. The third-order valence-corrected chi connectivity index (χ3v) is 6.59. The van der Waals surface area contributed by atoms with Crippen molar-refractivity contribution in [2.24, 2.45) is 0 Å². The second-order valence-corrected chi connectivity index (χ2v) is 8.64. The van der Waals surface area contributed by atoms with Crippen LogP contribution >= 0.6 is 11.3 Å². The largest absolute Gasteiger partial charge is 0.492 e. The Bertz CT molecular complexity index is 1070. The number of hydrogen-bond donors (Lipinski definition) is 1. The average Bonchev–Trinajstić information content (AvgIpc) is 3.19. The Balaban J connectivity index is 1.37. The van der Waals surface area contributed by atoms with E-state index in [9.17, 15) is 9.18 Å². The van der Waals surface area contributed by atoms with E-state index < -0.39 is 0 Å². The van der Waals surface area contributed by atoms with Crippen LogP contribution in [0.25, 0.3) is 10.1 Å². The Morgan fingerprint density at radius 3 is 2.84 bits per heavy atom. The van der Waals surface area contributed by atoms with Crippen molar-refractivity contribution in [3.63, 3.8) is 0 Å². The van der Waals surface area contributed by atoms with Gasteiger partial charge < -0.3 is 19.5 Å². The zero-order chi connectivity index (χ0) is 22.3. The predicted octanol–water partition coefficient (Wildman–Crippen LogP) is 3.83. The van der Waals surface area contributed by atoms with E-state index in [2.05, 4.69) is 10.2 Å². The maximum Gasteiger partial charge on any atom is 0.262 e. The predicted molar refractivity (Wildman–Crippen MR) is 123 cm³/mol. The molecule has 1 aromatic heterocycles. The molecule has 32 heavy (non-hydrogen) atoms. The molecule has 1 saturated heterocycles. The summed E-state index contributed by atoms with van der Waals surface area (Å²) in [6.07, 6.45) is 0. The first-order valence-electron chi connectivity index (χ1n) is 10.6. The monoisotopic (exact) mass is 458 g/mol. The summed E-state index contributed by atoms with van der Waals surface area (Å²) in [6, 6.07) is 12.6. The highest BCUT2D eigenvalue weighted by molar-refractivity contribution is 7.21. The molecule has 2 aromatic carbocycles. The van der Waals surface area contributed by atoms with Crippen molar-refractivity contribution in [3.05, 3.63) is 64.3 Å². The molecule has 8 heteroatoms. The quantitative estimate of drug-likeness (QED) is 0.528. The number of carbonyl (C=O) groups is 1. The number of morpholine rings is 1. The molecule has 1 aliphatic rings. The van der Waals surface area contributed by atoms with Crippen LogP contribution in [-0.4, -0.2) is 57.4 Å². The minimum absolute atomic E-state index is 0.177. The van der Waals surface area contributed by atoms with Gasteiger partial charge in [0.1, 0.15) is 18.2 Å². The van der Waals surface area contributed by atoms with Crippen LogP contribution < -0.4 is 10.1 Å². The van der Waals surface area contributed by atoms with Gasteiger partial charge in [-0.15, -0.1) is 11.3 Å². The molecule has 0 radical (unpaired) electrons. The molecule has 3 aromatic rings. The maximum absolute atomic E-state index is 14.4. The number of nitrogens with zero attached hydrogens (tertiary/aromatic N) is 1. The van der Waals surface area contributed by atoms with Crippen molar-refractivity contribution in [2.45, 2.75) is 13.2 Å². The van der Waals surface area contributed by atoms with Gasteiger partial charge in [0, 0.05) is 48.9 Å². The summed E-state index contributed by atoms with van der Waals surface area (Å²) < 4.78 is 31.6. The zero-order valence-electron chi connectivity index (χ0n) is 18.1. The standard InChI is InChI=1S/C24H27FN2O4S/c1-29-16-19-22-20(25)6-3-7-21(22)32-23(19)24(28)26-15-17-4-2-5-18(14-17)31-13-10-27-8-11-30-12-9-27/h2-7,14H,8-13,15-16H2,1H3,(H,26,28). The third kappa shape index (κ3) is 5.45. The van der Waals surface area contributed by atoms with E-state index in [0.717, 1.165) is 48.9 Å². The zero-order valence-corrected chi connectivity index (χ0v) is 18.9. The summed E-state index contributed by atoms with van der Waals surface area (Å²) in [5, 5.41) is 3.40. The Morgan fingerprint density at radius 2 is 2.03 bits per heavy atom. The number of ether oxygens (including phenoxy) is 3. The highest BCUT2D eigenvalue weighted by Crippen LogP contribution is 2.33. The molecule has 2 heterocycles. The lowest BCUT2D eigenvalue weighted by molar-refractivity contribution is 0.0322. The van der Waals surface area contributed by atoms with E-state index in [1.165, 1.54) is 24.5 Å². The molecule has 0 unspecified atom stereocenters. The molecule has 0 atom stereocenters. The fourth-order valence-corrected chi connectivity index (χ4v) is 4.90. The minimum Gasteiger partial charge on any atom is -0.492 e. The number of rotatable bonds is 9. The third-order valence-electron chi connectivity index (χ3n) is 5.39. The molecule has 6 nitrogen and oxygen atoms in total. The summed E-state index contributed by atoms with van der Waals surface area (Å²) in [4.78, 5) is 15.7. The summed E-state index contributed by atoms with van der Waals surface area (Å²) in [5.74, 6) is 0.192. The molecule has 0 spiro atoms. The van der Waals surface area contributed by atoms with Gasteiger partial charge in [-0.1, -0.05) is 18.2 Å². The van der Waals surface area contributed by atoms with Gasteiger partial charge in [0.05, 0.1) is 24.7 Å². The van der Waals surface area contributed by atoms with E-state index in [1.54, 1.807) is 6.07 Å². The Labute approximate surface area is 190 Å². The van der Waals surface area contributed by atoms with Gasteiger partial charge in [0.2, 0.25) is 0 Å². The van der Waals surface area contributed by atoms with Crippen molar-refractivity contribution in [1.82, 2.24) is 10.2 Å². The van der Waals surface area contributed by atoms with E-state index in [4.69, 9.17) is 14.2 Å². The lowest BCUT2D eigenvalue weighted by Crippen LogP contribution is -2.38. The molecule has 1 aliphatic heterocycles. The van der Waals surface area contributed by atoms with E-state index in [0.29, 0.717) is 29.0 Å². The smallest absolute Gasteiger partial charge is 0.262 e.